The van der Waals surface area contributed by atoms with Gasteiger partial charge in [-0.15, -0.1) is 6.42 Å². The van der Waals surface area contributed by atoms with E-state index in [1.54, 1.807) is 24.3 Å². The van der Waals surface area contributed by atoms with Crippen LogP contribution in [0.3, 0.4) is 0 Å². The highest BCUT2D eigenvalue weighted by atomic mass is 32.2. The Balaban J connectivity index is 1.92. The minimum absolute atomic E-state index is 0.0859. The monoisotopic (exact) mass is 412 g/mol. The highest BCUT2D eigenvalue weighted by molar-refractivity contribution is 7.89. The fourth-order valence-electron chi connectivity index (χ4n) is 3.34. The number of carbonyl (C=O) groups is 1. The maximum Gasteiger partial charge on any atom is 0.259 e. The summed E-state index contributed by atoms with van der Waals surface area (Å²) in [6.45, 7) is 0.990. The zero-order chi connectivity index (χ0) is 20.9. The molecule has 3 rings (SSSR count). The lowest BCUT2D eigenvalue weighted by Gasteiger charge is -2.20. The van der Waals surface area contributed by atoms with Gasteiger partial charge in [-0.2, -0.15) is 4.31 Å². The van der Waals surface area contributed by atoms with Crippen LogP contribution in [0.2, 0.25) is 0 Å². The fraction of sp³-hybridized carbons (Fsp3) is 0.318. The molecule has 6 nitrogen and oxygen atoms in total. The molecule has 2 aromatic carbocycles. The van der Waals surface area contributed by atoms with Gasteiger partial charge in [0.2, 0.25) is 10.0 Å². The Labute approximate surface area is 171 Å². The molecule has 152 valence electrons. The van der Waals surface area contributed by atoms with E-state index >= 15 is 0 Å². The molecule has 0 atom stereocenters. The summed E-state index contributed by atoms with van der Waals surface area (Å²) < 4.78 is 33.0. The first-order chi connectivity index (χ1) is 14.0. The van der Waals surface area contributed by atoms with Gasteiger partial charge in [-0.25, -0.2) is 8.42 Å². The molecule has 1 saturated heterocycles. The van der Waals surface area contributed by atoms with Gasteiger partial charge in [0.15, 0.2) is 0 Å². The molecular weight excluding hydrogens is 388 g/mol. The smallest absolute Gasteiger partial charge is 0.259 e. The van der Waals surface area contributed by atoms with Gasteiger partial charge in [0.05, 0.1) is 17.6 Å². The van der Waals surface area contributed by atoms with Crippen molar-refractivity contribution in [3.63, 3.8) is 0 Å². The van der Waals surface area contributed by atoms with E-state index in [0.29, 0.717) is 30.1 Å². The van der Waals surface area contributed by atoms with Crippen molar-refractivity contribution in [1.82, 2.24) is 4.31 Å². The molecule has 0 bridgehead atoms. The molecule has 1 amide bonds. The van der Waals surface area contributed by atoms with Crippen molar-refractivity contribution >= 4 is 21.6 Å². The lowest BCUT2D eigenvalue weighted by Crippen LogP contribution is -2.32. The predicted molar refractivity (Wildman–Crippen MR) is 113 cm³/mol. The second-order valence-corrected chi connectivity index (χ2v) is 8.80. The third-order valence-electron chi connectivity index (χ3n) is 4.91. The minimum atomic E-state index is -3.68. The molecular formula is C22H24N2O4S. The van der Waals surface area contributed by atoms with Gasteiger partial charge < -0.3 is 10.1 Å². The first kappa shape index (κ1) is 20.9. The third-order valence-corrected chi connectivity index (χ3v) is 6.80. The molecule has 7 heteroatoms. The zero-order valence-corrected chi connectivity index (χ0v) is 17.2. The predicted octanol–water partition coefficient (Wildman–Crippen LogP) is 3.49. The fourth-order valence-corrected chi connectivity index (χ4v) is 4.89. The number of carbonyl (C=O) groups excluding carboxylic acids is 1. The van der Waals surface area contributed by atoms with Crippen molar-refractivity contribution in [2.24, 2.45) is 0 Å². The largest absolute Gasteiger partial charge is 0.496 e. The molecule has 0 saturated carbocycles. The van der Waals surface area contributed by atoms with Crippen LogP contribution < -0.4 is 10.1 Å². The van der Waals surface area contributed by atoms with Gasteiger partial charge in [-0.05, 0) is 49.2 Å². The molecule has 1 fully saturated rings. The quantitative estimate of drug-likeness (QED) is 0.763. The summed E-state index contributed by atoms with van der Waals surface area (Å²) in [5, 5.41) is 2.75. The Morgan fingerprint density at radius 3 is 2.48 bits per heavy atom. The van der Waals surface area contributed by atoms with Crippen molar-refractivity contribution < 1.29 is 17.9 Å². The van der Waals surface area contributed by atoms with E-state index in [9.17, 15) is 13.2 Å². The number of terminal acetylenes is 1. The summed E-state index contributed by atoms with van der Waals surface area (Å²) in [7, 11) is -2.24. The lowest BCUT2D eigenvalue weighted by molar-refractivity contribution is 0.102. The summed E-state index contributed by atoms with van der Waals surface area (Å²) >= 11 is 0. The Morgan fingerprint density at radius 2 is 1.83 bits per heavy atom. The molecule has 0 unspecified atom stereocenters. The number of amides is 1. The van der Waals surface area contributed by atoms with Crippen LogP contribution in [0.1, 0.15) is 41.6 Å². The van der Waals surface area contributed by atoms with Gasteiger partial charge in [-0.1, -0.05) is 24.8 Å². The van der Waals surface area contributed by atoms with E-state index < -0.39 is 15.9 Å². The molecule has 0 radical (unpaired) electrons. The van der Waals surface area contributed by atoms with E-state index in [-0.39, 0.29) is 10.5 Å². The zero-order valence-electron chi connectivity index (χ0n) is 16.3. The normalized spacial score (nSPS) is 15.2. The van der Waals surface area contributed by atoms with E-state index in [4.69, 9.17) is 11.2 Å². The molecule has 1 aliphatic rings. The summed E-state index contributed by atoms with van der Waals surface area (Å²) in [5.74, 6) is 2.34. The number of hydrogen-bond acceptors (Lipinski definition) is 4. The lowest BCUT2D eigenvalue weighted by atomic mass is 10.1. The Kier molecular flexibility index (Phi) is 6.57. The Bertz CT molecular complexity index is 1030. The van der Waals surface area contributed by atoms with E-state index in [1.807, 2.05) is 0 Å². The van der Waals surface area contributed by atoms with Crippen molar-refractivity contribution in [1.29, 1.82) is 0 Å². The van der Waals surface area contributed by atoms with Gasteiger partial charge in [0.25, 0.3) is 5.91 Å². The number of methoxy groups -OCH3 is 1. The van der Waals surface area contributed by atoms with E-state index in [1.165, 1.54) is 29.6 Å². The number of nitrogens with zero attached hydrogens (tertiary/aromatic N) is 1. The number of rotatable bonds is 5. The average molecular weight is 413 g/mol. The maximum absolute atomic E-state index is 13.1. The summed E-state index contributed by atoms with van der Waals surface area (Å²) in [5.41, 5.74) is 1.30. The van der Waals surface area contributed by atoms with Crippen LogP contribution >= 0.6 is 0 Å². The van der Waals surface area contributed by atoms with E-state index in [0.717, 1.165) is 25.7 Å². The van der Waals surface area contributed by atoms with Crippen LogP contribution in [0.15, 0.2) is 47.4 Å². The number of nitrogens with one attached hydrogen (secondary N) is 1. The Hall–Kier alpha value is -2.82. The van der Waals surface area contributed by atoms with Gasteiger partial charge >= 0.3 is 0 Å². The minimum Gasteiger partial charge on any atom is -0.496 e. The Morgan fingerprint density at radius 1 is 1.10 bits per heavy atom. The second-order valence-electron chi connectivity index (χ2n) is 6.86. The molecule has 1 N–H and O–H groups in total. The molecule has 0 aliphatic carbocycles. The second kappa shape index (κ2) is 9.12. The van der Waals surface area contributed by atoms with Crippen molar-refractivity contribution in [3.8, 4) is 18.1 Å². The standard InChI is InChI=1S/C22H24N2O4S/c1-3-17-9-8-10-18(15-17)23-22(25)20-16-19(11-12-21(20)28-2)29(26,27)24-13-6-4-5-7-14-24/h1,8-12,15-16H,4-7,13-14H2,2H3,(H,23,25). The van der Waals surface area contributed by atoms with E-state index in [2.05, 4.69) is 11.2 Å². The summed E-state index contributed by atoms with van der Waals surface area (Å²) in [6, 6.07) is 11.2. The number of anilines is 1. The number of ether oxygens (including phenoxy) is 1. The molecule has 1 aliphatic heterocycles. The molecule has 1 heterocycles. The third kappa shape index (κ3) is 4.78. The van der Waals surface area contributed by atoms with Crippen LogP contribution in [-0.2, 0) is 10.0 Å². The number of sulfonamides is 1. The first-order valence-electron chi connectivity index (χ1n) is 9.52. The van der Waals surface area contributed by atoms with Crippen LogP contribution in [-0.4, -0.2) is 38.8 Å². The molecule has 2 aromatic rings. The molecule has 29 heavy (non-hydrogen) atoms. The van der Waals surface area contributed by atoms with Crippen LogP contribution in [0, 0.1) is 12.3 Å². The van der Waals surface area contributed by atoms with Crippen molar-refractivity contribution in [3.05, 3.63) is 53.6 Å². The van der Waals surface area contributed by atoms with Crippen molar-refractivity contribution in [2.75, 3.05) is 25.5 Å². The first-order valence-corrected chi connectivity index (χ1v) is 11.0. The highest BCUT2D eigenvalue weighted by Crippen LogP contribution is 2.27. The summed E-state index contributed by atoms with van der Waals surface area (Å²) in [6.07, 6.45) is 9.14. The van der Waals surface area contributed by atoms with Gasteiger partial charge in [0, 0.05) is 24.3 Å². The van der Waals surface area contributed by atoms with Gasteiger partial charge in [0.1, 0.15) is 5.75 Å². The van der Waals surface area contributed by atoms with Gasteiger partial charge in [-0.3, -0.25) is 4.79 Å². The molecule has 0 aromatic heterocycles. The highest BCUT2D eigenvalue weighted by Gasteiger charge is 2.27. The van der Waals surface area contributed by atoms with Crippen LogP contribution in [0.25, 0.3) is 0 Å². The number of benzene rings is 2. The molecule has 0 spiro atoms. The topological polar surface area (TPSA) is 75.7 Å². The average Bonchev–Trinajstić information content (AvgIpc) is 3.03. The van der Waals surface area contributed by atoms with Crippen molar-refractivity contribution in [2.45, 2.75) is 30.6 Å². The van der Waals surface area contributed by atoms with Crippen LogP contribution in [0.5, 0.6) is 5.75 Å². The van der Waals surface area contributed by atoms with Crippen LogP contribution in [0.4, 0.5) is 5.69 Å². The summed E-state index contributed by atoms with van der Waals surface area (Å²) in [4.78, 5) is 12.9. The maximum atomic E-state index is 13.1. The SMILES string of the molecule is C#Cc1cccc(NC(=O)c2cc(S(=O)(=O)N3CCCCCC3)ccc2OC)c1. The number of hydrogen-bond donors (Lipinski definition) is 1.